The SMILES string of the molecule is [NH]c1ccc(=Cc2ccccc2O)c(=Cc2ccccc2O)c1[NH]. The number of para-hydroxylation sites is 2. The van der Waals surface area contributed by atoms with Gasteiger partial charge in [-0.2, -0.15) is 0 Å². The van der Waals surface area contributed by atoms with Crippen LogP contribution in [0.5, 0.6) is 11.5 Å². The number of phenolic OH excluding ortho intramolecular Hbond substituents is 2. The predicted molar refractivity (Wildman–Crippen MR) is 94.6 cm³/mol. The molecule has 4 nitrogen and oxygen atoms in total. The molecule has 3 aromatic rings. The van der Waals surface area contributed by atoms with Crippen molar-refractivity contribution in [1.82, 2.24) is 11.5 Å². The van der Waals surface area contributed by atoms with Crippen LogP contribution in [0.25, 0.3) is 12.2 Å². The number of hydrogen-bond donors (Lipinski definition) is 2. The van der Waals surface area contributed by atoms with Crippen LogP contribution in [0.1, 0.15) is 11.1 Å². The van der Waals surface area contributed by atoms with Gasteiger partial charge in [-0.15, -0.1) is 0 Å². The molecule has 0 amide bonds. The zero-order chi connectivity index (χ0) is 17.1. The molecule has 0 bridgehead atoms. The summed E-state index contributed by atoms with van der Waals surface area (Å²) < 4.78 is 0. The molecule has 0 aromatic heterocycles. The topological polar surface area (TPSA) is 88.1 Å². The van der Waals surface area contributed by atoms with E-state index in [2.05, 4.69) is 0 Å². The van der Waals surface area contributed by atoms with Crippen molar-refractivity contribution in [2.75, 3.05) is 0 Å². The monoisotopic (exact) mass is 316 g/mol. The van der Waals surface area contributed by atoms with E-state index in [1.165, 1.54) is 0 Å². The number of benzene rings is 3. The highest BCUT2D eigenvalue weighted by molar-refractivity contribution is 5.68. The van der Waals surface area contributed by atoms with Crippen molar-refractivity contribution in [2.24, 2.45) is 0 Å². The smallest absolute Gasteiger partial charge is 0.122 e. The Balaban J connectivity index is 2.32. The summed E-state index contributed by atoms with van der Waals surface area (Å²) in [7, 11) is 0. The van der Waals surface area contributed by atoms with Crippen molar-refractivity contribution in [3.63, 3.8) is 0 Å². The molecular weight excluding hydrogens is 300 g/mol. The van der Waals surface area contributed by atoms with Crippen LogP contribution in [0.2, 0.25) is 0 Å². The molecule has 0 aliphatic rings. The van der Waals surface area contributed by atoms with Crippen LogP contribution < -0.4 is 21.9 Å². The largest absolute Gasteiger partial charge is 0.507 e. The van der Waals surface area contributed by atoms with E-state index in [9.17, 15) is 10.2 Å². The van der Waals surface area contributed by atoms with Crippen LogP contribution in [0, 0.1) is 0 Å². The third-order valence-corrected chi connectivity index (χ3v) is 3.76. The van der Waals surface area contributed by atoms with E-state index in [0.717, 1.165) is 0 Å². The lowest BCUT2D eigenvalue weighted by molar-refractivity contribution is 0.473. The zero-order valence-electron chi connectivity index (χ0n) is 12.8. The summed E-state index contributed by atoms with van der Waals surface area (Å²) in [4.78, 5) is 0. The van der Waals surface area contributed by atoms with Gasteiger partial charge in [0.1, 0.15) is 11.5 Å². The van der Waals surface area contributed by atoms with Crippen molar-refractivity contribution < 1.29 is 10.2 Å². The van der Waals surface area contributed by atoms with Crippen LogP contribution in [-0.2, 0) is 0 Å². The van der Waals surface area contributed by atoms with Crippen molar-refractivity contribution in [2.45, 2.75) is 0 Å². The van der Waals surface area contributed by atoms with Gasteiger partial charge in [0.2, 0.25) is 0 Å². The van der Waals surface area contributed by atoms with Gasteiger partial charge in [0.25, 0.3) is 0 Å². The summed E-state index contributed by atoms with van der Waals surface area (Å²) in [6, 6.07) is 17.1. The number of hydrogen-bond acceptors (Lipinski definition) is 2. The second-order valence-corrected chi connectivity index (χ2v) is 5.40. The van der Waals surface area contributed by atoms with Crippen LogP contribution in [0.3, 0.4) is 0 Å². The molecule has 4 heteroatoms. The van der Waals surface area contributed by atoms with E-state index in [0.29, 0.717) is 21.6 Å². The molecular formula is C20H16N2O2. The quantitative estimate of drug-likeness (QED) is 0.761. The third kappa shape index (κ3) is 3.03. The maximum absolute atomic E-state index is 9.97. The van der Waals surface area contributed by atoms with Crippen molar-refractivity contribution in [1.29, 1.82) is 0 Å². The van der Waals surface area contributed by atoms with Gasteiger partial charge in [-0.3, -0.25) is 11.5 Å². The fourth-order valence-electron chi connectivity index (χ4n) is 2.46. The zero-order valence-corrected chi connectivity index (χ0v) is 12.8. The Bertz CT molecular complexity index is 1010. The van der Waals surface area contributed by atoms with Gasteiger partial charge in [-0.05, 0) is 35.6 Å². The van der Waals surface area contributed by atoms with E-state index >= 15 is 0 Å². The summed E-state index contributed by atoms with van der Waals surface area (Å²) in [6.45, 7) is 0. The lowest BCUT2D eigenvalue weighted by Gasteiger charge is -2.03. The summed E-state index contributed by atoms with van der Waals surface area (Å²) in [5.74, 6) is 0.258. The Morgan fingerprint density at radius 1 is 0.667 bits per heavy atom. The Morgan fingerprint density at radius 3 is 1.79 bits per heavy atom. The first kappa shape index (κ1) is 15.5. The molecule has 0 fully saturated rings. The molecule has 2 radical (unpaired) electrons. The Kier molecular flexibility index (Phi) is 4.12. The number of rotatable bonds is 2. The van der Waals surface area contributed by atoms with Gasteiger partial charge >= 0.3 is 0 Å². The highest BCUT2D eigenvalue weighted by Gasteiger charge is 2.03. The van der Waals surface area contributed by atoms with Crippen LogP contribution in [0.4, 0.5) is 11.4 Å². The Hall–Kier alpha value is -3.40. The highest BCUT2D eigenvalue weighted by Crippen LogP contribution is 2.18. The van der Waals surface area contributed by atoms with Gasteiger partial charge in [0.15, 0.2) is 0 Å². The lowest BCUT2D eigenvalue weighted by atomic mass is 10.1. The predicted octanol–water partition coefficient (Wildman–Crippen LogP) is 2.58. The maximum Gasteiger partial charge on any atom is 0.122 e. The fraction of sp³-hybridized carbons (Fsp3) is 0. The number of nitrogens with one attached hydrogen (secondary N) is 2. The van der Waals surface area contributed by atoms with Gasteiger partial charge in [0.05, 0.1) is 11.4 Å². The van der Waals surface area contributed by atoms with Crippen molar-refractivity contribution >= 4 is 23.5 Å². The molecule has 0 aliphatic carbocycles. The molecule has 0 saturated carbocycles. The molecule has 118 valence electrons. The van der Waals surface area contributed by atoms with Gasteiger partial charge < -0.3 is 10.2 Å². The van der Waals surface area contributed by atoms with Gasteiger partial charge in [-0.25, -0.2) is 0 Å². The minimum atomic E-state index is 0.0717. The van der Waals surface area contributed by atoms with Crippen molar-refractivity contribution in [3.05, 3.63) is 82.2 Å². The summed E-state index contributed by atoms with van der Waals surface area (Å²) >= 11 is 0. The maximum atomic E-state index is 9.97. The number of aromatic hydroxyl groups is 2. The normalized spacial score (nSPS) is 12.5. The van der Waals surface area contributed by atoms with Crippen LogP contribution in [0.15, 0.2) is 60.7 Å². The lowest BCUT2D eigenvalue weighted by Crippen LogP contribution is -2.26. The first-order valence-corrected chi connectivity index (χ1v) is 7.42. The van der Waals surface area contributed by atoms with Crippen LogP contribution in [-0.4, -0.2) is 10.2 Å². The van der Waals surface area contributed by atoms with Gasteiger partial charge in [0, 0.05) is 16.3 Å². The summed E-state index contributed by atoms with van der Waals surface area (Å²) in [6.07, 6.45) is 3.44. The van der Waals surface area contributed by atoms with Crippen molar-refractivity contribution in [3.8, 4) is 11.5 Å². The molecule has 0 unspecified atom stereocenters. The van der Waals surface area contributed by atoms with E-state index in [1.807, 2.05) is 6.07 Å². The van der Waals surface area contributed by atoms with E-state index in [1.54, 1.807) is 66.7 Å². The first-order valence-electron chi connectivity index (χ1n) is 7.42. The second kappa shape index (κ2) is 6.38. The van der Waals surface area contributed by atoms with E-state index in [-0.39, 0.29) is 22.9 Å². The molecule has 3 aromatic carbocycles. The van der Waals surface area contributed by atoms with E-state index in [4.69, 9.17) is 11.5 Å². The molecule has 0 saturated heterocycles. The molecule has 24 heavy (non-hydrogen) atoms. The minimum absolute atomic E-state index is 0.0717. The van der Waals surface area contributed by atoms with E-state index < -0.39 is 0 Å². The average molecular weight is 316 g/mol. The average Bonchev–Trinajstić information content (AvgIpc) is 2.58. The highest BCUT2D eigenvalue weighted by atomic mass is 16.3. The second-order valence-electron chi connectivity index (χ2n) is 5.40. The minimum Gasteiger partial charge on any atom is -0.507 e. The summed E-state index contributed by atoms with van der Waals surface area (Å²) in [5.41, 5.74) is 17.4. The number of phenols is 2. The molecule has 0 heterocycles. The van der Waals surface area contributed by atoms with Gasteiger partial charge in [-0.1, -0.05) is 42.5 Å². The first-order chi connectivity index (χ1) is 11.6. The molecule has 0 aliphatic heterocycles. The Labute approximate surface area is 139 Å². The summed E-state index contributed by atoms with van der Waals surface area (Å²) in [5, 5.41) is 21.1. The standard InChI is InChI=1S/C20H16N2O2/c21-17-10-9-13(11-14-5-1-3-7-18(14)23)16(20(17)22)12-15-6-2-4-8-19(15)24/h1-12,21-24H. The molecule has 0 spiro atoms. The molecule has 3 rings (SSSR count). The molecule has 4 N–H and O–H groups in total. The fourth-order valence-corrected chi connectivity index (χ4v) is 2.46. The Morgan fingerprint density at radius 2 is 1.21 bits per heavy atom. The van der Waals surface area contributed by atoms with Crippen LogP contribution >= 0.6 is 0 Å². The molecule has 0 atom stereocenters. The third-order valence-electron chi connectivity index (χ3n) is 3.76.